The number of carbonyl (C=O) groups is 1. The van der Waals surface area contributed by atoms with Crippen LogP contribution < -0.4 is 21.3 Å². The first-order chi connectivity index (χ1) is 25.0. The van der Waals surface area contributed by atoms with Gasteiger partial charge in [0.25, 0.3) is 0 Å². The Hall–Kier alpha value is -3.07. The fourth-order valence-electron chi connectivity index (χ4n) is 5.76. The Labute approximate surface area is 346 Å². The molecule has 1 heterocycles. The maximum atomic E-state index is 11.7. The number of hydrogen-bond acceptors (Lipinski definition) is 7. The van der Waals surface area contributed by atoms with Gasteiger partial charge in [0, 0.05) is 22.9 Å². The number of hydrogen-bond donors (Lipinski definition) is 4. The number of nitrogens with one attached hydrogen (secondary N) is 1. The van der Waals surface area contributed by atoms with Gasteiger partial charge in [0.15, 0.2) is 0 Å². The molecular weight excluding hydrogens is 902 g/mol. The van der Waals surface area contributed by atoms with Crippen LogP contribution in [-0.4, -0.2) is 41.0 Å². The van der Waals surface area contributed by atoms with Crippen LogP contribution in [0.15, 0.2) is 137 Å². The second kappa shape index (κ2) is 23.9. The number of halogens is 3. The normalized spacial score (nSPS) is 16.7. The molecule has 0 radical (unpaired) electrons. The molecule has 7 rings (SSSR count). The fourth-order valence-corrected chi connectivity index (χ4v) is 6.83. The molecule has 1 aliphatic heterocycles. The Kier molecular flexibility index (Phi) is 21.7. The molecule has 0 saturated carbocycles. The van der Waals surface area contributed by atoms with E-state index in [1.807, 2.05) is 37.3 Å². The van der Waals surface area contributed by atoms with Gasteiger partial charge in [0.2, 0.25) is 20.0 Å². The summed E-state index contributed by atoms with van der Waals surface area (Å²) >= 11 is -2.22. The second-order valence-corrected chi connectivity index (χ2v) is 29.9. The van der Waals surface area contributed by atoms with Crippen molar-refractivity contribution >= 4 is 81.3 Å². The van der Waals surface area contributed by atoms with Crippen LogP contribution in [0.3, 0.4) is 0 Å². The number of aryl methyl sites for hydroxylation is 2. The number of fused-ring (bicyclic) bond motifs is 3. The van der Waals surface area contributed by atoms with Crippen LogP contribution in [0.1, 0.15) is 72.3 Å². The minimum absolute atomic E-state index is 0. The van der Waals surface area contributed by atoms with Crippen LogP contribution in [0.25, 0.3) is 0 Å². The number of allylic oxidation sites excluding steroid dienone is 6. The van der Waals surface area contributed by atoms with Crippen molar-refractivity contribution in [1.82, 2.24) is 0 Å². The molecule has 9 nitrogen and oxygen atoms in total. The molecule has 0 amide bonds. The van der Waals surface area contributed by atoms with Gasteiger partial charge >= 0.3 is 43.6 Å². The third kappa shape index (κ3) is 16.1. The molecule has 3 unspecified atom stereocenters. The molecule has 2 aliphatic carbocycles. The van der Waals surface area contributed by atoms with Crippen LogP contribution >= 0.6 is 25.7 Å². The summed E-state index contributed by atoms with van der Waals surface area (Å²) in [4.78, 5) is 10.5. The molecule has 4 aromatic rings. The van der Waals surface area contributed by atoms with Crippen molar-refractivity contribution in [3.05, 3.63) is 155 Å². The first kappa shape index (κ1) is 49.9. The van der Waals surface area contributed by atoms with Crippen molar-refractivity contribution < 1.29 is 21.6 Å². The molecule has 0 aromatic heterocycles. The van der Waals surface area contributed by atoms with E-state index in [-0.39, 0.29) is 36.6 Å². The summed E-state index contributed by atoms with van der Waals surface area (Å²) in [7, 11) is 7.78. The second-order valence-electron chi connectivity index (χ2n) is 12.1. The quantitative estimate of drug-likeness (QED) is 0.0895. The van der Waals surface area contributed by atoms with E-state index in [4.69, 9.17) is 41.7 Å². The van der Waals surface area contributed by atoms with Crippen LogP contribution in [0.2, 0.25) is 0 Å². The summed E-state index contributed by atoms with van der Waals surface area (Å²) < 4.78 is 44.7. The Morgan fingerprint density at radius 1 is 0.727 bits per heavy atom. The summed E-state index contributed by atoms with van der Waals surface area (Å²) in [6, 6.07) is 27.0. The number of benzene rings is 4. The monoisotopic (exact) mass is 950 g/mol. The molecule has 296 valence electrons. The Morgan fingerprint density at radius 2 is 1.25 bits per heavy atom. The number of aldehydes is 1. The van der Waals surface area contributed by atoms with Crippen molar-refractivity contribution in [2.24, 2.45) is 16.2 Å². The average molecular weight is 952 g/mol. The van der Waals surface area contributed by atoms with E-state index in [1.165, 1.54) is 35.4 Å². The van der Waals surface area contributed by atoms with Gasteiger partial charge in [0.05, 0.1) is 15.8 Å². The molecular formula is C40H50Cl3InN4O5S2. The predicted octanol–water partition coefficient (Wildman–Crippen LogP) is 9.66. The number of carbonyl (C=O) groups excluding carboxylic acids is 1. The van der Waals surface area contributed by atoms with E-state index in [2.05, 4.69) is 73.0 Å². The molecule has 3 aliphatic rings. The molecule has 55 heavy (non-hydrogen) atoms. The molecule has 0 fully saturated rings. The van der Waals surface area contributed by atoms with E-state index < -0.39 is 37.9 Å². The molecule has 15 heteroatoms. The van der Waals surface area contributed by atoms with Gasteiger partial charge in [-0.3, -0.25) is 4.79 Å². The van der Waals surface area contributed by atoms with Gasteiger partial charge in [-0.05, 0) is 97.3 Å². The van der Waals surface area contributed by atoms with Gasteiger partial charge in [-0.2, -0.15) is 0 Å². The van der Waals surface area contributed by atoms with E-state index >= 15 is 0 Å². The van der Waals surface area contributed by atoms with Crippen LogP contribution in [0.5, 0.6) is 0 Å². The minimum atomic E-state index is -3.69. The van der Waals surface area contributed by atoms with Gasteiger partial charge in [-0.25, -0.2) is 27.1 Å². The molecule has 7 N–H and O–H groups in total. The summed E-state index contributed by atoms with van der Waals surface area (Å²) in [6.07, 6.45) is 15.7. The predicted molar refractivity (Wildman–Crippen MR) is 234 cm³/mol. The third-order valence-electron chi connectivity index (χ3n) is 8.37. The number of sulfonamides is 2. The maximum absolute atomic E-state index is 11.7. The van der Waals surface area contributed by atoms with Crippen LogP contribution in [0, 0.1) is 19.8 Å². The van der Waals surface area contributed by atoms with Crippen LogP contribution in [0.4, 0.5) is 11.4 Å². The van der Waals surface area contributed by atoms with E-state index in [1.54, 1.807) is 12.1 Å². The molecule has 0 spiro atoms. The van der Waals surface area contributed by atoms with E-state index in [0.717, 1.165) is 41.5 Å². The van der Waals surface area contributed by atoms with Crippen molar-refractivity contribution in [2.75, 3.05) is 11.1 Å². The number of rotatable bonds is 4. The molecule has 3 atom stereocenters. The van der Waals surface area contributed by atoms with Crippen molar-refractivity contribution in [3.8, 4) is 0 Å². The average Bonchev–Trinajstić information content (AvgIpc) is 3.85. The van der Waals surface area contributed by atoms with Crippen molar-refractivity contribution in [3.63, 3.8) is 0 Å². The van der Waals surface area contributed by atoms with E-state index in [9.17, 15) is 21.6 Å². The SMILES string of the molecule is C.C.C1=CCC=C1.Cc1ccccc1C1Nc2ccc(S(N)(=O)=O)cc2C2C=CCC21.Cc1ccccc1C=O.Nc1ccc(S(N)(=O)=O)cc1.[Cl][In]([Cl])[Cl]. The Bertz CT molecular complexity index is 2140. The zero-order chi connectivity index (χ0) is 39.2. The van der Waals surface area contributed by atoms with Gasteiger partial charge in [0.1, 0.15) is 6.29 Å². The van der Waals surface area contributed by atoms with Gasteiger partial charge < -0.3 is 11.1 Å². The topological polar surface area (TPSA) is 175 Å². The van der Waals surface area contributed by atoms with E-state index in [0.29, 0.717) is 11.6 Å². The Balaban J connectivity index is 0.000000406. The zero-order valence-corrected chi connectivity index (χ0v) is 36.3. The third-order valence-corrected chi connectivity index (χ3v) is 10.2. The molecule has 0 saturated heterocycles. The first-order valence-corrected chi connectivity index (χ1v) is 31.9. The summed E-state index contributed by atoms with van der Waals surface area (Å²) in [5.74, 6) is 0.599. The number of nitrogens with two attached hydrogens (primary N) is 3. The Morgan fingerprint density at radius 3 is 1.73 bits per heavy atom. The standard InChI is InChI=1S/C19H20N2O2S.C8H8O.C6H8N2O2S.C5H6.2CH4.3ClH.In/c1-12-5-2-3-6-14(12)19-16-8-4-7-15(16)17-11-13(24(20,22)23)9-10-18(17)21-19;1-7-4-2-3-5-8(7)6-9;7-5-1-3-6(4-2-5)11(8,9)10;1-2-4-5-3-1;;;;;;/h2-7,9-11,15-16,19,21H,8H2,1H3,(H2,20,22,23);2-6H,1H3;1-4H,7H2,(H2,8,9,10);1-4H,5H2;2*1H4;3*1H;/q;;;;;;;;;+3/p-3. The fraction of sp³-hybridized carbons (Fsp3) is 0.225. The molecule has 4 aromatic carbocycles. The summed E-state index contributed by atoms with van der Waals surface area (Å²) in [5.41, 5.74) is 12.2. The molecule has 0 bridgehead atoms. The van der Waals surface area contributed by atoms with Crippen LogP contribution in [-0.2, 0) is 20.0 Å². The number of primary sulfonamides is 2. The van der Waals surface area contributed by atoms with Gasteiger partial charge in [-0.1, -0.05) is 99.8 Å². The zero-order valence-electron chi connectivity index (χ0n) is 29.1. The number of anilines is 2. The number of nitrogen functional groups attached to an aromatic ring is 1. The summed E-state index contributed by atoms with van der Waals surface area (Å²) in [6.45, 7) is 4.05. The first-order valence-electron chi connectivity index (χ1n) is 16.3. The van der Waals surface area contributed by atoms with Crippen molar-refractivity contribution in [2.45, 2.75) is 63.3 Å². The summed E-state index contributed by atoms with van der Waals surface area (Å²) in [5, 5.41) is 13.8. The van der Waals surface area contributed by atoms with Crippen molar-refractivity contribution in [1.29, 1.82) is 0 Å². The van der Waals surface area contributed by atoms with Gasteiger partial charge in [-0.15, -0.1) is 0 Å².